The zero-order valence-corrected chi connectivity index (χ0v) is 60.2. The second-order valence-electron chi connectivity index (χ2n) is 26.1. The van der Waals surface area contributed by atoms with Crippen LogP contribution in [0.3, 0.4) is 0 Å². The molecule has 2 bridgehead atoms. The van der Waals surface area contributed by atoms with Gasteiger partial charge in [0.15, 0.2) is 0 Å². The number of ketones is 1. The zero-order chi connectivity index (χ0) is 73.5. The van der Waals surface area contributed by atoms with Gasteiger partial charge >= 0.3 is 17.9 Å². The third-order valence-corrected chi connectivity index (χ3v) is 21.2. The third-order valence-electron chi connectivity index (χ3n) is 17.9. The fraction of sp³-hybridized carbons (Fsp3) is 0.632. The molecule has 33 heteroatoms. The summed E-state index contributed by atoms with van der Waals surface area (Å²) in [5.41, 5.74) is 14.7. The topological polar surface area (TPSA) is 434 Å². The lowest BCUT2D eigenvalue weighted by Crippen LogP contribution is -2.61. The Morgan fingerprint density at radius 1 is 0.594 bits per heavy atom. The Balaban J connectivity index is 1.26. The Kier molecular flexibility index (Phi) is 35.1. The number of nitrogens with one attached hydrogen (secondary N) is 5. The van der Waals surface area contributed by atoms with Crippen LogP contribution in [0.5, 0.6) is 0 Å². The first kappa shape index (κ1) is 82.6. The number of carbonyl (C=O) groups excluding carboxylic acids is 10. The number of nitrogens with zero attached hydrogens (tertiary/aromatic N) is 6. The number of aliphatic carboxylic acids is 3. The minimum absolute atomic E-state index is 0.0276. The number of nitrogens with two attached hydrogens (primary N) is 2. The predicted molar refractivity (Wildman–Crippen MR) is 381 cm³/mol. The molecule has 0 aromatic heterocycles. The summed E-state index contributed by atoms with van der Waals surface area (Å²) in [6, 6.07) is 5.52. The largest absolute Gasteiger partial charge is 0.480 e. The van der Waals surface area contributed by atoms with Gasteiger partial charge in [0.1, 0.15) is 48.1 Å². The van der Waals surface area contributed by atoms with E-state index in [1.54, 1.807) is 56.8 Å². The lowest BCUT2D eigenvalue weighted by atomic mass is 10.0. The molecule has 8 atom stereocenters. The second kappa shape index (κ2) is 42.9. The third kappa shape index (κ3) is 28.7. The number of unbranched alkanes of at least 4 members (excludes halogenated alkanes) is 2. The van der Waals surface area contributed by atoms with Crippen molar-refractivity contribution in [3.8, 4) is 0 Å². The molecule has 30 nitrogen and oxygen atoms in total. The summed E-state index contributed by atoms with van der Waals surface area (Å²) in [6.45, 7) is 4.86. The Labute approximate surface area is 602 Å². The van der Waals surface area contributed by atoms with Gasteiger partial charge in [0, 0.05) is 120 Å². The zero-order valence-electron chi connectivity index (χ0n) is 57.7. The number of aliphatic hydroxyl groups is 1. The molecule has 0 aliphatic carbocycles. The van der Waals surface area contributed by atoms with Crippen LogP contribution in [0.1, 0.15) is 113 Å². The number of fused-ring (bicyclic) bond motifs is 4. The average Bonchev–Trinajstić information content (AvgIpc) is 1.72. The highest BCUT2D eigenvalue weighted by Crippen LogP contribution is 2.29. The first-order chi connectivity index (χ1) is 48.3. The van der Waals surface area contributed by atoms with E-state index in [2.05, 4.69) is 26.6 Å². The highest BCUT2D eigenvalue weighted by atomic mass is 32.2. The van der Waals surface area contributed by atoms with E-state index in [0.717, 1.165) is 29.5 Å². The van der Waals surface area contributed by atoms with Crippen molar-refractivity contribution >= 4 is 112 Å². The van der Waals surface area contributed by atoms with Gasteiger partial charge in [-0.3, -0.25) is 81.9 Å². The number of thioether (sulfide) groups is 3. The average molecular weight is 1470 g/mol. The summed E-state index contributed by atoms with van der Waals surface area (Å²) in [5, 5.41) is 53.3. The van der Waals surface area contributed by atoms with Gasteiger partial charge < -0.3 is 68.3 Å². The summed E-state index contributed by atoms with van der Waals surface area (Å²) in [4.78, 5) is 185. The standard InChI is InChI=1S/C68H101N13O17S3/c1-3-4-6-17-57(85)71-53-43-101-41-48-32-46(39-99-30-11-14-49(83)35-76-22-24-77(36-58(86)87)26-28-79(38-60(90)91)29-27-78(25-23-76)37-59(88)89)31-47(33-48)40-100-42-52(62(70)92)74-64(94)51(34-45-12-7-5-8-13-45)73-63(93)50(18-19-56(69)84)72-66(96)61(44(2)82)75-65(95)54-15-9-20-80(54)68(98)55-16-10-21-81(55)67(53)97/h5,7-8,12-13,31-33,44,50-55,61,82H,3-4,6,9-11,14-30,34-43H2,1-2H3,(H2,69,84)(H2,70,92)(H,71,85)(H,72,96)(H,73,93)(H,74,94)(H,75,95)(H,86,87)(H,88,89)(H,90,91)/t44-,50+,51+,52+,53+,54+,55+,61+/m1/s1. The molecule has 4 aliphatic heterocycles. The summed E-state index contributed by atoms with van der Waals surface area (Å²) < 4.78 is 0. The predicted octanol–water partition coefficient (Wildman–Crippen LogP) is -0.415. The monoisotopic (exact) mass is 1470 g/mol. The minimum Gasteiger partial charge on any atom is -0.480 e. The van der Waals surface area contributed by atoms with Crippen LogP contribution in [0.2, 0.25) is 0 Å². The maximum atomic E-state index is 14.9. The van der Waals surface area contributed by atoms with Gasteiger partial charge in [0.05, 0.1) is 32.3 Å². The Morgan fingerprint density at radius 3 is 1.67 bits per heavy atom. The smallest absolute Gasteiger partial charge is 0.317 e. The molecule has 4 heterocycles. The van der Waals surface area contributed by atoms with E-state index in [1.165, 1.54) is 40.2 Å². The van der Waals surface area contributed by atoms with E-state index in [1.807, 2.05) is 30.0 Å². The van der Waals surface area contributed by atoms with Crippen molar-refractivity contribution in [2.24, 2.45) is 11.5 Å². The molecule has 2 aromatic carbocycles. The van der Waals surface area contributed by atoms with Gasteiger partial charge in [-0.1, -0.05) is 68.3 Å². The summed E-state index contributed by atoms with van der Waals surface area (Å²) >= 11 is 4.28. The number of hydrogen-bond acceptors (Lipinski definition) is 21. The molecule has 13 N–H and O–H groups in total. The Morgan fingerprint density at radius 2 is 1.13 bits per heavy atom. The van der Waals surface area contributed by atoms with Crippen molar-refractivity contribution in [3.63, 3.8) is 0 Å². The van der Waals surface area contributed by atoms with Gasteiger partial charge in [-0.15, -0.1) is 0 Å². The van der Waals surface area contributed by atoms with Crippen molar-refractivity contribution in [3.05, 3.63) is 70.8 Å². The number of carboxylic acid groups (broad SMARTS) is 3. The van der Waals surface area contributed by atoms with Gasteiger partial charge in [-0.05, 0) is 79.9 Å². The number of benzene rings is 2. The number of primary amides is 2. The number of hydrogen-bond donors (Lipinski definition) is 11. The maximum Gasteiger partial charge on any atom is 0.317 e. The molecular formula is C68H101N13O17S3. The van der Waals surface area contributed by atoms with E-state index in [-0.39, 0.29) is 140 Å². The molecular weight excluding hydrogens is 1370 g/mol. The molecule has 3 saturated heterocycles. The summed E-state index contributed by atoms with van der Waals surface area (Å²) in [5.74, 6) is -7.98. The van der Waals surface area contributed by atoms with E-state index in [9.17, 15) is 82.8 Å². The Hall–Kier alpha value is -7.40. The number of rotatable bonds is 26. The van der Waals surface area contributed by atoms with Crippen molar-refractivity contribution in [1.29, 1.82) is 0 Å². The Bertz CT molecular complexity index is 3140. The number of aliphatic hydroxyl groups excluding tert-OH is 1. The molecule has 6 rings (SSSR count). The summed E-state index contributed by atoms with van der Waals surface area (Å²) in [6.07, 6.45) is 1.98. The van der Waals surface area contributed by atoms with Crippen molar-refractivity contribution in [2.75, 3.05) is 109 Å². The molecule has 2 aromatic rings. The molecule has 0 unspecified atom stereocenters. The van der Waals surface area contributed by atoms with Gasteiger partial charge in [0.2, 0.25) is 53.2 Å². The quantitative estimate of drug-likeness (QED) is 0.0533. The number of amides is 9. The van der Waals surface area contributed by atoms with Crippen molar-refractivity contribution in [1.82, 2.24) is 56.0 Å². The lowest BCUT2D eigenvalue weighted by molar-refractivity contribution is -0.148. The van der Waals surface area contributed by atoms with E-state index >= 15 is 0 Å². The molecule has 0 saturated carbocycles. The van der Waals surface area contributed by atoms with E-state index in [4.69, 9.17) is 11.5 Å². The van der Waals surface area contributed by atoms with Crippen LogP contribution in [0.25, 0.3) is 0 Å². The normalized spacial score (nSPS) is 23.4. The van der Waals surface area contributed by atoms with Gasteiger partial charge in [0.25, 0.3) is 0 Å². The van der Waals surface area contributed by atoms with E-state index < -0.39 is 120 Å². The minimum atomic E-state index is -1.70. The molecule has 9 amide bonds. The molecule has 101 heavy (non-hydrogen) atoms. The van der Waals surface area contributed by atoms with E-state index in [0.29, 0.717) is 67.3 Å². The molecule has 558 valence electrons. The lowest BCUT2D eigenvalue weighted by Gasteiger charge is -2.33. The highest BCUT2D eigenvalue weighted by molar-refractivity contribution is 7.99. The molecule has 0 spiro atoms. The molecule has 3 fully saturated rings. The number of Topliss-reactive ketones (excluding diaryl/α,β-unsaturated/α-hetero) is 1. The van der Waals surface area contributed by atoms with Crippen molar-refractivity contribution in [2.45, 2.75) is 163 Å². The second-order valence-corrected chi connectivity index (χ2v) is 29.3. The van der Waals surface area contributed by atoms with Crippen LogP contribution in [-0.2, 0) is 86.0 Å². The van der Waals surface area contributed by atoms with Crippen LogP contribution in [0.4, 0.5) is 0 Å². The fourth-order valence-electron chi connectivity index (χ4n) is 12.6. The van der Waals surface area contributed by atoms with Crippen LogP contribution in [-0.4, -0.2) is 284 Å². The number of carboxylic acids is 3. The van der Waals surface area contributed by atoms with Crippen LogP contribution in [0.15, 0.2) is 48.5 Å². The number of carbonyl (C=O) groups is 13. The van der Waals surface area contributed by atoms with Crippen LogP contribution in [0, 0.1) is 0 Å². The van der Waals surface area contributed by atoms with Gasteiger partial charge in [-0.25, -0.2) is 0 Å². The molecule has 0 radical (unpaired) electrons. The van der Waals surface area contributed by atoms with Crippen LogP contribution < -0.4 is 38.1 Å². The fourth-order valence-corrected chi connectivity index (χ4v) is 15.5. The highest BCUT2D eigenvalue weighted by Gasteiger charge is 2.45. The molecule has 4 aliphatic rings. The SMILES string of the molecule is CCCCCC(=O)N[C@H]1CSCc2cc(CSCCCC(=O)CN3CCN(CC(=O)O)CCN(CC(=O)O)CCN(CC(=O)O)CC3)cc(c2)CSC[C@@H](C(N)=O)NC(=O)[C@H](Cc2ccccc2)NC(=O)[C@H](CCC(N)=O)NC(=O)[C@H]([C@@H](C)O)NC(=O)[C@@H]2CCCN2C(=O)[C@@H]2CCCN2C1=O. The summed E-state index contributed by atoms with van der Waals surface area (Å²) in [7, 11) is 0. The maximum absolute atomic E-state index is 14.9. The van der Waals surface area contributed by atoms with Gasteiger partial charge in [-0.2, -0.15) is 35.3 Å². The first-order valence-corrected chi connectivity index (χ1v) is 38.1. The van der Waals surface area contributed by atoms with Crippen molar-refractivity contribution < 1.29 is 82.8 Å². The van der Waals surface area contributed by atoms with Crippen LogP contribution >= 0.6 is 35.3 Å². The first-order valence-electron chi connectivity index (χ1n) is 34.6.